The molecule has 2 rings (SSSR count). The summed E-state index contributed by atoms with van der Waals surface area (Å²) in [6.07, 6.45) is 3.09. The van der Waals surface area contributed by atoms with Gasteiger partial charge < -0.3 is 5.73 Å². The summed E-state index contributed by atoms with van der Waals surface area (Å²) in [6.45, 7) is 2.16. The minimum Gasteiger partial charge on any atom is -0.351 e. The van der Waals surface area contributed by atoms with E-state index in [1.165, 1.54) is 4.88 Å². The number of nitrogens with zero attached hydrogens (tertiary/aromatic N) is 2. The second kappa shape index (κ2) is 5.66. The maximum atomic E-state index is 11.6. The van der Waals surface area contributed by atoms with Gasteiger partial charge in [-0.1, -0.05) is 0 Å². The topological polar surface area (TPSA) is 88.3 Å². The van der Waals surface area contributed by atoms with E-state index < -0.39 is 6.03 Å². The Balaban J connectivity index is 2.06. The summed E-state index contributed by atoms with van der Waals surface area (Å²) in [6, 6.07) is -0.607. The van der Waals surface area contributed by atoms with Crippen molar-refractivity contribution in [3.05, 3.63) is 15.6 Å². The summed E-state index contributed by atoms with van der Waals surface area (Å²) < 4.78 is 0. The highest BCUT2D eigenvalue weighted by molar-refractivity contribution is 7.11. The number of hydrogen-bond acceptors (Lipinski definition) is 5. The van der Waals surface area contributed by atoms with Gasteiger partial charge in [-0.3, -0.25) is 15.0 Å². The number of aromatic nitrogens is 1. The van der Waals surface area contributed by atoms with Gasteiger partial charge in [-0.2, -0.15) is 0 Å². The Morgan fingerprint density at radius 3 is 3.00 bits per heavy atom. The van der Waals surface area contributed by atoms with Crippen LogP contribution in [0.15, 0.2) is 0 Å². The Hall–Kier alpha value is -1.47. The molecule has 0 saturated carbocycles. The Kier molecular flexibility index (Phi) is 4.16. The Morgan fingerprint density at radius 2 is 2.32 bits per heavy atom. The van der Waals surface area contributed by atoms with E-state index in [4.69, 9.17) is 5.73 Å². The number of rotatable bonds is 3. The van der Waals surface area contributed by atoms with Crippen LogP contribution < -0.4 is 11.1 Å². The molecule has 104 valence electrons. The first kappa shape index (κ1) is 14.0. The van der Waals surface area contributed by atoms with Gasteiger partial charge in [0.25, 0.3) is 0 Å². The summed E-state index contributed by atoms with van der Waals surface area (Å²) in [4.78, 5) is 29.9. The van der Waals surface area contributed by atoms with E-state index >= 15 is 0 Å². The number of thiazole rings is 1. The van der Waals surface area contributed by atoms with Crippen LogP contribution in [-0.4, -0.2) is 35.4 Å². The number of hydrogen-bond donors (Lipinski definition) is 2. The molecule has 1 aromatic heterocycles. The second-order valence-electron chi connectivity index (χ2n) is 4.78. The molecular formula is C12H18N4O2S. The predicted molar refractivity (Wildman–Crippen MR) is 72.9 cm³/mol. The maximum Gasteiger partial charge on any atom is 0.318 e. The van der Waals surface area contributed by atoms with E-state index in [-0.39, 0.29) is 18.5 Å². The Labute approximate surface area is 116 Å². The molecule has 19 heavy (non-hydrogen) atoms. The van der Waals surface area contributed by atoms with Crippen molar-refractivity contribution in [3.63, 3.8) is 0 Å². The molecule has 0 aliphatic heterocycles. The van der Waals surface area contributed by atoms with Crippen LogP contribution in [0.5, 0.6) is 0 Å². The zero-order valence-corrected chi connectivity index (χ0v) is 11.9. The van der Waals surface area contributed by atoms with Crippen LogP contribution in [0.3, 0.4) is 0 Å². The highest BCUT2D eigenvalue weighted by Crippen LogP contribution is 2.37. The molecule has 1 heterocycles. The molecule has 1 atom stereocenters. The van der Waals surface area contributed by atoms with Gasteiger partial charge in [0.1, 0.15) is 0 Å². The van der Waals surface area contributed by atoms with E-state index in [9.17, 15) is 9.59 Å². The van der Waals surface area contributed by atoms with E-state index in [0.29, 0.717) is 0 Å². The number of imide groups is 1. The largest absolute Gasteiger partial charge is 0.351 e. The minimum absolute atomic E-state index is 0.157. The number of carbonyl (C=O) groups excluding carboxylic acids is 2. The SMILES string of the molecule is Cc1nc2c(s1)C(N(C)CC(=O)NC(N)=O)CCC2. The highest BCUT2D eigenvalue weighted by atomic mass is 32.1. The third kappa shape index (κ3) is 3.30. The summed E-state index contributed by atoms with van der Waals surface area (Å²) in [5.41, 5.74) is 6.08. The Bertz CT molecular complexity index is 500. The number of nitrogens with two attached hydrogens (primary N) is 1. The lowest BCUT2D eigenvalue weighted by atomic mass is 9.97. The molecule has 0 bridgehead atoms. The van der Waals surface area contributed by atoms with E-state index in [0.717, 1.165) is 30.0 Å². The van der Waals surface area contributed by atoms with Gasteiger partial charge in [0.15, 0.2) is 0 Å². The molecule has 1 aliphatic carbocycles. The number of fused-ring (bicyclic) bond motifs is 1. The van der Waals surface area contributed by atoms with Crippen LogP contribution >= 0.6 is 11.3 Å². The van der Waals surface area contributed by atoms with Gasteiger partial charge in [-0.15, -0.1) is 11.3 Å². The molecule has 6 nitrogen and oxygen atoms in total. The molecule has 0 fully saturated rings. The predicted octanol–water partition coefficient (Wildman–Crippen LogP) is 0.956. The van der Waals surface area contributed by atoms with Crippen molar-refractivity contribution in [1.29, 1.82) is 0 Å². The molecule has 1 aliphatic rings. The average molecular weight is 282 g/mol. The summed E-state index contributed by atoms with van der Waals surface area (Å²) in [5.74, 6) is -0.372. The van der Waals surface area contributed by atoms with Crippen LogP contribution in [0.1, 0.15) is 34.5 Å². The lowest BCUT2D eigenvalue weighted by molar-refractivity contribution is -0.121. The first-order chi connectivity index (χ1) is 8.97. The number of carbonyl (C=O) groups is 2. The van der Waals surface area contributed by atoms with Gasteiger partial charge in [-0.25, -0.2) is 9.78 Å². The van der Waals surface area contributed by atoms with Crippen LogP contribution in [-0.2, 0) is 11.2 Å². The summed E-state index contributed by atoms with van der Waals surface area (Å²) >= 11 is 1.69. The van der Waals surface area contributed by atoms with Gasteiger partial charge in [0, 0.05) is 10.9 Å². The van der Waals surface area contributed by atoms with Gasteiger partial charge in [0.05, 0.1) is 17.2 Å². The van der Waals surface area contributed by atoms with Crippen LogP contribution in [0, 0.1) is 6.92 Å². The van der Waals surface area contributed by atoms with Crippen molar-refractivity contribution in [2.45, 2.75) is 32.2 Å². The fourth-order valence-electron chi connectivity index (χ4n) is 2.45. The molecule has 7 heteroatoms. The monoisotopic (exact) mass is 282 g/mol. The second-order valence-corrected chi connectivity index (χ2v) is 6.01. The maximum absolute atomic E-state index is 11.6. The fraction of sp³-hybridized carbons (Fsp3) is 0.583. The molecule has 3 amide bonds. The lowest BCUT2D eigenvalue weighted by Crippen LogP contribution is -2.42. The van der Waals surface area contributed by atoms with E-state index in [1.807, 2.05) is 18.9 Å². The number of amides is 3. The molecule has 1 unspecified atom stereocenters. The number of aryl methyl sites for hydroxylation is 2. The van der Waals surface area contributed by atoms with Crippen molar-refractivity contribution < 1.29 is 9.59 Å². The van der Waals surface area contributed by atoms with E-state index in [2.05, 4.69) is 10.3 Å². The quantitative estimate of drug-likeness (QED) is 0.864. The first-order valence-electron chi connectivity index (χ1n) is 6.23. The van der Waals surface area contributed by atoms with Crippen molar-refractivity contribution >= 4 is 23.3 Å². The number of likely N-dealkylation sites (N-methyl/N-ethyl adjacent to an activating group) is 1. The van der Waals surface area contributed by atoms with Gasteiger partial charge in [0.2, 0.25) is 5.91 Å². The lowest BCUT2D eigenvalue weighted by Gasteiger charge is -2.29. The Morgan fingerprint density at radius 1 is 1.58 bits per heavy atom. The average Bonchev–Trinajstić information content (AvgIpc) is 2.67. The molecule has 0 spiro atoms. The summed E-state index contributed by atoms with van der Waals surface area (Å²) in [7, 11) is 1.88. The smallest absolute Gasteiger partial charge is 0.318 e. The molecule has 0 radical (unpaired) electrons. The van der Waals surface area contributed by atoms with Crippen LogP contribution in [0.25, 0.3) is 0 Å². The fourth-order valence-corrected chi connectivity index (χ4v) is 3.63. The third-order valence-electron chi connectivity index (χ3n) is 3.22. The minimum atomic E-state index is -0.809. The van der Waals surface area contributed by atoms with Gasteiger partial charge >= 0.3 is 6.03 Å². The van der Waals surface area contributed by atoms with Crippen molar-refractivity contribution in [2.24, 2.45) is 5.73 Å². The van der Waals surface area contributed by atoms with E-state index in [1.54, 1.807) is 11.3 Å². The first-order valence-corrected chi connectivity index (χ1v) is 7.04. The number of nitrogens with one attached hydrogen (secondary N) is 1. The summed E-state index contributed by atoms with van der Waals surface area (Å²) in [5, 5.41) is 3.15. The number of urea groups is 1. The van der Waals surface area contributed by atoms with Crippen molar-refractivity contribution in [1.82, 2.24) is 15.2 Å². The van der Waals surface area contributed by atoms with Crippen LogP contribution in [0.2, 0.25) is 0 Å². The highest BCUT2D eigenvalue weighted by Gasteiger charge is 2.28. The zero-order chi connectivity index (χ0) is 14.0. The molecule has 1 aromatic rings. The van der Waals surface area contributed by atoms with Crippen LogP contribution in [0.4, 0.5) is 4.79 Å². The zero-order valence-electron chi connectivity index (χ0n) is 11.1. The van der Waals surface area contributed by atoms with Gasteiger partial charge in [-0.05, 0) is 33.2 Å². The molecular weight excluding hydrogens is 264 g/mol. The molecule has 0 saturated heterocycles. The standard InChI is InChI=1S/C12H18N4O2S/c1-7-14-8-4-3-5-9(11(8)19-7)16(2)6-10(17)15-12(13)18/h9H,3-6H2,1-2H3,(H3,13,15,17,18). The number of primary amides is 1. The normalized spacial score (nSPS) is 18.2. The molecule has 3 N–H and O–H groups in total. The third-order valence-corrected chi connectivity index (χ3v) is 4.33. The van der Waals surface area contributed by atoms with Crippen molar-refractivity contribution in [2.75, 3.05) is 13.6 Å². The van der Waals surface area contributed by atoms with Crippen molar-refractivity contribution in [3.8, 4) is 0 Å². The molecule has 0 aromatic carbocycles.